The van der Waals surface area contributed by atoms with Gasteiger partial charge in [-0.1, -0.05) is 62.5 Å². The Morgan fingerprint density at radius 2 is 0.862 bits per heavy atom. The molecule has 6 rings (SSSR count). The minimum absolute atomic E-state index is 0.138. The molecular weight excluding hydrogens is 853 g/mol. The van der Waals surface area contributed by atoms with E-state index in [1.807, 2.05) is 47.9 Å². The van der Waals surface area contributed by atoms with E-state index in [0.29, 0.717) is 57.9 Å². The van der Waals surface area contributed by atoms with E-state index in [2.05, 4.69) is 25.3 Å². The normalized spacial score (nSPS) is 10.8. The first kappa shape index (κ1) is 48.5. The van der Waals surface area contributed by atoms with E-state index in [0.717, 1.165) is 11.3 Å². The first-order chi connectivity index (χ1) is 31.3. The van der Waals surface area contributed by atoms with Crippen LogP contribution in [0.1, 0.15) is 102 Å². The summed E-state index contributed by atoms with van der Waals surface area (Å²) in [5, 5.41) is 41.7. The molecule has 1 aromatic carbocycles. The third kappa shape index (κ3) is 15.3. The lowest BCUT2D eigenvalue weighted by Crippen LogP contribution is -2.26. The van der Waals surface area contributed by atoms with Crippen molar-refractivity contribution < 1.29 is 44.3 Å². The lowest BCUT2D eigenvalue weighted by molar-refractivity contribution is 0.0679. The summed E-state index contributed by atoms with van der Waals surface area (Å²) in [5.41, 5.74) is 4.18. The minimum Gasteiger partial charge on any atom is -0.493 e. The van der Waals surface area contributed by atoms with Gasteiger partial charge in [-0.2, -0.15) is 0 Å². The van der Waals surface area contributed by atoms with Gasteiger partial charge >= 0.3 is 23.9 Å². The van der Waals surface area contributed by atoms with Gasteiger partial charge in [0, 0.05) is 63.5 Å². The van der Waals surface area contributed by atoms with Crippen LogP contribution in [0.25, 0.3) is 0 Å². The SMILES string of the molecule is CC.CC(=S)Nc1ccc(CCOc2cc(CN(Cc3cccc(C(=O)O)n3)Cc3cccc(C(=O)O)n3)nc(CN(Cc3cccc(C(=O)O)n3)Cc3cccc(C(=O)O)n3)c2)cc1. The van der Waals surface area contributed by atoms with Crippen LogP contribution in [0.3, 0.4) is 0 Å². The number of aromatic nitrogens is 5. The van der Waals surface area contributed by atoms with Crippen molar-refractivity contribution >= 4 is 46.8 Å². The molecule has 0 spiro atoms. The highest BCUT2D eigenvalue weighted by Crippen LogP contribution is 2.22. The fourth-order valence-corrected chi connectivity index (χ4v) is 6.68. The van der Waals surface area contributed by atoms with Gasteiger partial charge in [0.2, 0.25) is 0 Å². The molecule has 0 aliphatic heterocycles. The summed E-state index contributed by atoms with van der Waals surface area (Å²) in [5.74, 6) is -4.27. The number of rotatable bonds is 21. The number of nitrogens with zero attached hydrogens (tertiary/aromatic N) is 7. The van der Waals surface area contributed by atoms with Crippen LogP contribution >= 0.6 is 12.2 Å². The van der Waals surface area contributed by atoms with Gasteiger partial charge in [-0.05, 0) is 73.2 Å². The van der Waals surface area contributed by atoms with Crippen molar-refractivity contribution in [2.24, 2.45) is 0 Å². The first-order valence-electron chi connectivity index (χ1n) is 20.5. The van der Waals surface area contributed by atoms with Crippen molar-refractivity contribution in [1.29, 1.82) is 0 Å². The van der Waals surface area contributed by atoms with Gasteiger partial charge in [0.05, 0.1) is 45.8 Å². The second kappa shape index (κ2) is 23.8. The van der Waals surface area contributed by atoms with E-state index in [1.165, 1.54) is 24.3 Å². The Morgan fingerprint density at radius 3 is 1.18 bits per heavy atom. The highest BCUT2D eigenvalue weighted by molar-refractivity contribution is 7.80. The molecule has 5 heterocycles. The number of nitrogens with one attached hydrogen (secondary N) is 1. The van der Waals surface area contributed by atoms with Crippen LogP contribution in [0, 0.1) is 0 Å². The summed E-state index contributed by atoms with van der Waals surface area (Å²) in [6.45, 7) is 6.96. The number of aromatic carboxylic acids is 4. The number of benzene rings is 1. The topological polar surface area (TPSA) is 241 Å². The number of ether oxygens (including phenoxy) is 1. The summed E-state index contributed by atoms with van der Waals surface area (Å²) in [7, 11) is 0. The van der Waals surface area contributed by atoms with Crippen molar-refractivity contribution in [3.05, 3.63) is 172 Å². The summed E-state index contributed by atoms with van der Waals surface area (Å²) in [6.07, 6.45) is 0.566. The number of thiocarbonyl (C=S) groups is 1. The summed E-state index contributed by atoms with van der Waals surface area (Å²) in [6, 6.07) is 30.1. The van der Waals surface area contributed by atoms with Gasteiger partial charge in [0.1, 0.15) is 28.5 Å². The second-order valence-corrected chi connectivity index (χ2v) is 14.9. The molecule has 5 N–H and O–H groups in total. The highest BCUT2D eigenvalue weighted by Gasteiger charge is 2.19. The van der Waals surface area contributed by atoms with Crippen molar-refractivity contribution in [3.63, 3.8) is 0 Å². The zero-order chi connectivity index (χ0) is 46.9. The van der Waals surface area contributed by atoms with Crippen LogP contribution in [0.15, 0.2) is 109 Å². The maximum Gasteiger partial charge on any atom is 0.354 e. The quantitative estimate of drug-likeness (QED) is 0.0446. The Kier molecular flexibility index (Phi) is 17.7. The van der Waals surface area contributed by atoms with Crippen molar-refractivity contribution in [1.82, 2.24) is 34.7 Å². The fraction of sp³-hybridized carbons (Fsp3) is 0.234. The van der Waals surface area contributed by atoms with Gasteiger partial charge in [-0.3, -0.25) is 14.8 Å². The van der Waals surface area contributed by atoms with Crippen molar-refractivity contribution in [2.45, 2.75) is 66.5 Å². The number of hydrogen-bond acceptors (Lipinski definition) is 13. The predicted molar refractivity (Wildman–Crippen MR) is 244 cm³/mol. The molecule has 18 heteroatoms. The lowest BCUT2D eigenvalue weighted by atomic mass is 10.1. The number of carboxylic acids is 4. The van der Waals surface area contributed by atoms with E-state index in [-0.39, 0.29) is 62.0 Å². The maximum absolute atomic E-state index is 11.8. The van der Waals surface area contributed by atoms with Crippen molar-refractivity contribution in [2.75, 3.05) is 11.9 Å². The molecule has 0 bridgehead atoms. The van der Waals surface area contributed by atoms with Crippen LogP contribution in [0.5, 0.6) is 5.75 Å². The van der Waals surface area contributed by atoms with Crippen LogP contribution in [0.2, 0.25) is 0 Å². The molecular formula is C47H48N8O9S. The largest absolute Gasteiger partial charge is 0.493 e. The fourth-order valence-electron chi connectivity index (χ4n) is 6.57. The van der Waals surface area contributed by atoms with E-state index in [4.69, 9.17) is 21.9 Å². The third-order valence-corrected chi connectivity index (χ3v) is 9.36. The Hall–Kier alpha value is -7.54. The molecule has 0 saturated carbocycles. The zero-order valence-corrected chi connectivity index (χ0v) is 36.7. The van der Waals surface area contributed by atoms with Gasteiger partial charge < -0.3 is 30.5 Å². The molecule has 0 radical (unpaired) electrons. The average Bonchev–Trinajstić information content (AvgIpc) is 3.27. The van der Waals surface area contributed by atoms with Crippen LogP contribution in [-0.2, 0) is 45.7 Å². The van der Waals surface area contributed by atoms with Crippen LogP contribution in [0.4, 0.5) is 5.69 Å². The number of hydrogen-bond donors (Lipinski definition) is 5. The molecule has 0 saturated heterocycles. The Morgan fingerprint density at radius 1 is 0.523 bits per heavy atom. The minimum atomic E-state index is -1.19. The van der Waals surface area contributed by atoms with E-state index < -0.39 is 23.9 Å². The Bertz CT molecular complexity index is 2370. The number of pyridine rings is 5. The number of anilines is 1. The van der Waals surface area contributed by atoms with Crippen molar-refractivity contribution in [3.8, 4) is 5.75 Å². The van der Waals surface area contributed by atoms with E-state index >= 15 is 0 Å². The Balaban J connectivity index is 0.00000391. The monoisotopic (exact) mass is 900 g/mol. The highest BCUT2D eigenvalue weighted by atomic mass is 32.1. The molecule has 5 aromatic heterocycles. The molecule has 0 amide bonds. The molecule has 0 aliphatic rings. The molecule has 0 unspecified atom stereocenters. The standard InChI is InChI=1S/C45H42N8O9S.C2H6/c1-28(63)46-30-16-14-29(15-17-30)18-19-62-37-20-35(26-52(22-31-6-2-10-38(48-31)42(54)55)23-32-7-3-11-39(49-32)43(56)57)47-36(21-37)27-53(24-33-8-4-12-40(50-33)44(58)59)25-34-9-5-13-41(51-34)45(60)61;1-2/h2-17,20-21H,18-19,22-27H2,1H3,(H,46,63)(H,54,55)(H,56,57)(H,58,59)(H,60,61);1-2H3. The molecule has 6 aromatic rings. The van der Waals surface area contributed by atoms with Crippen LogP contribution in [-0.4, -0.2) is 90.6 Å². The number of carbonyl (C=O) groups is 4. The van der Waals surface area contributed by atoms with E-state index in [1.54, 1.807) is 67.6 Å². The Labute approximate surface area is 380 Å². The maximum atomic E-state index is 11.8. The summed E-state index contributed by atoms with van der Waals surface area (Å²) in [4.78, 5) is 73.9. The molecule has 336 valence electrons. The van der Waals surface area contributed by atoms with Crippen LogP contribution < -0.4 is 10.1 Å². The zero-order valence-electron chi connectivity index (χ0n) is 35.9. The van der Waals surface area contributed by atoms with Gasteiger partial charge in [0.15, 0.2) is 0 Å². The summed E-state index contributed by atoms with van der Waals surface area (Å²) >= 11 is 5.16. The summed E-state index contributed by atoms with van der Waals surface area (Å²) < 4.78 is 6.37. The second-order valence-electron chi connectivity index (χ2n) is 14.3. The van der Waals surface area contributed by atoms with Gasteiger partial charge in [-0.25, -0.2) is 39.1 Å². The third-order valence-electron chi connectivity index (χ3n) is 9.26. The first-order valence-corrected chi connectivity index (χ1v) is 20.9. The smallest absolute Gasteiger partial charge is 0.354 e. The van der Waals surface area contributed by atoms with E-state index in [9.17, 15) is 39.6 Å². The average molecular weight is 901 g/mol. The molecule has 0 atom stereocenters. The molecule has 65 heavy (non-hydrogen) atoms. The lowest BCUT2D eigenvalue weighted by Gasteiger charge is -2.24. The molecule has 0 aliphatic carbocycles. The molecule has 0 fully saturated rings. The van der Waals surface area contributed by atoms with Gasteiger partial charge in [0.25, 0.3) is 0 Å². The number of carboxylic acid groups (broad SMARTS) is 4. The predicted octanol–water partition coefficient (Wildman–Crippen LogP) is 7.27. The van der Waals surface area contributed by atoms with Gasteiger partial charge in [-0.15, -0.1) is 0 Å². The molecule has 17 nitrogen and oxygen atoms in total.